The van der Waals surface area contributed by atoms with Gasteiger partial charge in [0.15, 0.2) is 5.78 Å². The van der Waals surface area contributed by atoms with Crippen molar-refractivity contribution in [3.63, 3.8) is 0 Å². The van der Waals surface area contributed by atoms with E-state index < -0.39 is 17.7 Å². The molecule has 0 saturated carbocycles. The van der Waals surface area contributed by atoms with Crippen molar-refractivity contribution in [1.82, 2.24) is 15.2 Å². The molecule has 2 heterocycles. The van der Waals surface area contributed by atoms with Gasteiger partial charge in [0, 0.05) is 29.2 Å². The Morgan fingerprint density at radius 2 is 1.97 bits per heavy atom. The van der Waals surface area contributed by atoms with Crippen molar-refractivity contribution in [3.8, 4) is 11.3 Å². The summed E-state index contributed by atoms with van der Waals surface area (Å²) in [7, 11) is 1.23. The van der Waals surface area contributed by atoms with Crippen molar-refractivity contribution in [2.24, 2.45) is 0 Å². The average molecular weight is 448 g/mol. The second-order valence-corrected chi connectivity index (χ2v) is 7.75. The number of aromatic amines is 1. The lowest BCUT2D eigenvalue weighted by atomic mass is 9.79. The largest absolute Gasteiger partial charge is 0.465 e. The predicted molar refractivity (Wildman–Crippen MR) is 110 cm³/mol. The molecule has 1 N–H and O–H groups in total. The molecule has 0 amide bonds. The Labute approximate surface area is 181 Å². The molecule has 3 aromatic rings. The minimum absolute atomic E-state index is 0.0890. The van der Waals surface area contributed by atoms with Crippen molar-refractivity contribution in [2.75, 3.05) is 7.11 Å². The second kappa shape index (κ2) is 8.16. The van der Waals surface area contributed by atoms with E-state index in [2.05, 4.69) is 19.9 Å². The third-order valence-corrected chi connectivity index (χ3v) is 5.79. The number of H-pyrrole nitrogens is 1. The number of nitrogens with zero attached hydrogens (tertiary/aromatic N) is 2. The van der Waals surface area contributed by atoms with Crippen molar-refractivity contribution < 1.29 is 18.7 Å². The summed E-state index contributed by atoms with van der Waals surface area (Å²) in [5.41, 5.74) is 2.20. The number of halogens is 3. The van der Waals surface area contributed by atoms with E-state index in [9.17, 15) is 14.0 Å². The van der Waals surface area contributed by atoms with Crippen LogP contribution in [0, 0.1) is 5.82 Å². The summed E-state index contributed by atoms with van der Waals surface area (Å²) in [6.45, 7) is 0. The number of fused-ring (bicyclic) bond motifs is 1. The van der Waals surface area contributed by atoms with E-state index in [-0.39, 0.29) is 32.5 Å². The molecule has 0 bridgehead atoms. The summed E-state index contributed by atoms with van der Waals surface area (Å²) in [6.07, 6.45) is 4.73. The number of pyridine rings is 1. The number of carbonyl (C=O) groups excluding carboxylic acids is 2. The Bertz CT molecular complexity index is 1140. The summed E-state index contributed by atoms with van der Waals surface area (Å²) in [5.74, 6) is -2.12. The number of nitrogens with one attached hydrogen (secondary N) is 1. The fraction of sp³-hybridized carbons (Fsp3) is 0.238. The van der Waals surface area contributed by atoms with Crippen LogP contribution in [0.15, 0.2) is 30.6 Å². The molecule has 0 fully saturated rings. The maximum atomic E-state index is 14.9. The van der Waals surface area contributed by atoms with E-state index in [1.54, 1.807) is 0 Å². The van der Waals surface area contributed by atoms with Gasteiger partial charge in [-0.3, -0.25) is 14.9 Å². The normalized spacial score (nSPS) is 15.5. The molecule has 154 valence electrons. The molecular formula is C21H16Cl2FN3O3. The maximum absolute atomic E-state index is 14.9. The molecule has 1 aliphatic rings. The van der Waals surface area contributed by atoms with E-state index in [1.165, 1.54) is 31.6 Å². The highest BCUT2D eigenvalue weighted by Gasteiger charge is 2.34. The van der Waals surface area contributed by atoms with E-state index in [4.69, 9.17) is 23.2 Å². The van der Waals surface area contributed by atoms with Crippen molar-refractivity contribution >= 4 is 35.0 Å². The van der Waals surface area contributed by atoms with E-state index in [0.29, 0.717) is 24.1 Å². The van der Waals surface area contributed by atoms with Gasteiger partial charge in [0.2, 0.25) is 0 Å². The molecule has 4 rings (SSSR count). The number of hydrogen-bond donors (Lipinski definition) is 1. The first-order chi connectivity index (χ1) is 14.4. The Kier molecular flexibility index (Phi) is 5.58. The molecule has 0 spiro atoms. The minimum atomic E-state index is -0.639. The fourth-order valence-electron chi connectivity index (χ4n) is 3.82. The molecule has 9 heteroatoms. The molecule has 1 aliphatic carbocycles. The number of carbonyl (C=O) groups is 2. The Hall–Kier alpha value is -2.77. The smallest absolute Gasteiger partial charge is 0.337 e. The predicted octanol–water partition coefficient (Wildman–Crippen LogP) is 5.01. The fourth-order valence-corrected chi connectivity index (χ4v) is 4.37. The van der Waals surface area contributed by atoms with Gasteiger partial charge in [-0.25, -0.2) is 9.18 Å². The van der Waals surface area contributed by atoms with Gasteiger partial charge in [-0.05, 0) is 37.5 Å². The summed E-state index contributed by atoms with van der Waals surface area (Å²) in [4.78, 5) is 28.9. The van der Waals surface area contributed by atoms with Gasteiger partial charge < -0.3 is 4.74 Å². The van der Waals surface area contributed by atoms with E-state index >= 15 is 0 Å². The highest BCUT2D eigenvalue weighted by molar-refractivity contribution is 6.40. The third kappa shape index (κ3) is 3.48. The van der Waals surface area contributed by atoms with Crippen LogP contribution < -0.4 is 0 Å². The monoisotopic (exact) mass is 447 g/mol. The van der Waals surface area contributed by atoms with Gasteiger partial charge in [0.1, 0.15) is 5.82 Å². The SMILES string of the molecule is COC(=O)c1ccc(-c2n[nH]c3c2C(C(=O)c2c(Cl)cncc2Cl)CCC3)c(F)c1. The lowest BCUT2D eigenvalue weighted by Crippen LogP contribution is -2.19. The number of benzene rings is 1. The molecular weight excluding hydrogens is 432 g/mol. The van der Waals surface area contributed by atoms with Crippen molar-refractivity contribution in [1.29, 1.82) is 0 Å². The summed E-state index contributed by atoms with van der Waals surface area (Å²) < 4.78 is 19.5. The van der Waals surface area contributed by atoms with Crippen LogP contribution in [-0.4, -0.2) is 34.0 Å². The second-order valence-electron chi connectivity index (χ2n) is 6.94. The zero-order valence-electron chi connectivity index (χ0n) is 15.8. The number of ketones is 1. The molecule has 2 aromatic heterocycles. The van der Waals surface area contributed by atoms with Crippen LogP contribution in [0.5, 0.6) is 0 Å². The first kappa shape index (κ1) is 20.5. The zero-order chi connectivity index (χ0) is 21.4. The third-order valence-electron chi connectivity index (χ3n) is 5.21. The van der Waals surface area contributed by atoms with Crippen LogP contribution >= 0.6 is 23.2 Å². The van der Waals surface area contributed by atoms with Crippen LogP contribution in [-0.2, 0) is 11.2 Å². The molecule has 0 radical (unpaired) electrons. The molecule has 1 atom stereocenters. The van der Waals surface area contributed by atoms with E-state index in [0.717, 1.165) is 18.2 Å². The van der Waals surface area contributed by atoms with Gasteiger partial charge in [0.25, 0.3) is 0 Å². The first-order valence-corrected chi connectivity index (χ1v) is 9.96. The van der Waals surface area contributed by atoms with Crippen LogP contribution in [0.4, 0.5) is 4.39 Å². The lowest BCUT2D eigenvalue weighted by Gasteiger charge is -2.23. The molecule has 0 saturated heterocycles. The maximum Gasteiger partial charge on any atom is 0.337 e. The van der Waals surface area contributed by atoms with E-state index in [1.807, 2.05) is 0 Å². The number of aromatic nitrogens is 3. The van der Waals surface area contributed by atoms with Gasteiger partial charge >= 0.3 is 5.97 Å². The molecule has 0 aliphatic heterocycles. The van der Waals surface area contributed by atoms with Crippen molar-refractivity contribution in [2.45, 2.75) is 25.2 Å². The molecule has 1 unspecified atom stereocenters. The number of ether oxygens (including phenoxy) is 1. The lowest BCUT2D eigenvalue weighted by molar-refractivity contribution is 0.0600. The van der Waals surface area contributed by atoms with Gasteiger partial charge in [-0.2, -0.15) is 5.10 Å². The number of aryl methyl sites for hydroxylation is 1. The van der Waals surface area contributed by atoms with Crippen LogP contribution in [0.1, 0.15) is 50.7 Å². The quantitative estimate of drug-likeness (QED) is 0.448. The average Bonchev–Trinajstić information content (AvgIpc) is 3.17. The van der Waals surface area contributed by atoms with Gasteiger partial charge in [-0.1, -0.05) is 23.2 Å². The van der Waals surface area contributed by atoms with Crippen LogP contribution in [0.25, 0.3) is 11.3 Å². The number of methoxy groups -OCH3 is 1. The molecule has 30 heavy (non-hydrogen) atoms. The Morgan fingerprint density at radius 3 is 2.63 bits per heavy atom. The number of hydrogen-bond acceptors (Lipinski definition) is 5. The molecule has 1 aromatic carbocycles. The standard InChI is InChI=1S/C21H16Cl2FN3O3/c1-30-21(29)10-5-6-11(15(24)7-10)19-17-12(3-2-4-16(17)26-27-19)20(28)18-13(22)8-25-9-14(18)23/h5-9,12H,2-4H2,1H3,(H,26,27). The van der Waals surface area contributed by atoms with Gasteiger partial charge in [-0.15, -0.1) is 0 Å². The number of Topliss-reactive ketones (excluding diaryl/α,β-unsaturated/α-hetero) is 1. The first-order valence-electron chi connectivity index (χ1n) is 9.21. The Morgan fingerprint density at radius 1 is 1.23 bits per heavy atom. The summed E-state index contributed by atoms with van der Waals surface area (Å²) >= 11 is 12.4. The minimum Gasteiger partial charge on any atom is -0.465 e. The number of esters is 1. The zero-order valence-corrected chi connectivity index (χ0v) is 17.4. The topological polar surface area (TPSA) is 84.9 Å². The van der Waals surface area contributed by atoms with Crippen LogP contribution in [0.3, 0.4) is 0 Å². The van der Waals surface area contributed by atoms with Crippen LogP contribution in [0.2, 0.25) is 10.0 Å². The van der Waals surface area contributed by atoms with Gasteiger partial charge in [0.05, 0.1) is 39.9 Å². The summed E-state index contributed by atoms with van der Waals surface area (Å²) in [5, 5.41) is 7.54. The number of rotatable bonds is 4. The Balaban J connectivity index is 1.80. The molecule has 6 nitrogen and oxygen atoms in total. The van der Waals surface area contributed by atoms with Crippen molar-refractivity contribution in [3.05, 3.63) is 68.8 Å². The highest BCUT2D eigenvalue weighted by atomic mass is 35.5. The highest BCUT2D eigenvalue weighted by Crippen LogP contribution is 2.41. The summed E-state index contributed by atoms with van der Waals surface area (Å²) in [6, 6.07) is 4.01.